The number of benzene rings is 1. The molecular formula is C18H17N3O4S. The third-order valence-electron chi connectivity index (χ3n) is 2.95. The molecule has 0 saturated carbocycles. The third-order valence-corrected chi connectivity index (χ3v) is 3.16. The van der Waals surface area contributed by atoms with Crippen molar-refractivity contribution in [2.75, 3.05) is 6.61 Å². The summed E-state index contributed by atoms with van der Waals surface area (Å²) in [5.41, 5.74) is 5.24. The predicted molar refractivity (Wildman–Crippen MR) is 101 cm³/mol. The Balaban J connectivity index is 1.76. The van der Waals surface area contributed by atoms with E-state index in [9.17, 15) is 9.59 Å². The minimum absolute atomic E-state index is 0.0432. The van der Waals surface area contributed by atoms with Crippen molar-refractivity contribution >= 4 is 35.2 Å². The highest BCUT2D eigenvalue weighted by Gasteiger charge is 2.07. The number of hydrazine groups is 1. The summed E-state index contributed by atoms with van der Waals surface area (Å²) in [5, 5.41) is 2.35. The second-order valence-electron chi connectivity index (χ2n) is 4.87. The number of nitrogens with one attached hydrogen (secondary N) is 3. The molecule has 0 radical (unpaired) electrons. The zero-order chi connectivity index (χ0) is 18.8. The van der Waals surface area contributed by atoms with Gasteiger partial charge in [0.1, 0.15) is 18.1 Å². The smallest absolute Gasteiger partial charge is 0.269 e. The van der Waals surface area contributed by atoms with Crippen LogP contribution >= 0.6 is 12.2 Å². The number of furan rings is 1. The maximum absolute atomic E-state index is 12.0. The molecule has 2 aromatic rings. The first-order chi connectivity index (χ1) is 12.6. The number of carbonyl (C=O) groups excluding carboxylic acids is 2. The van der Waals surface area contributed by atoms with Crippen LogP contribution in [-0.2, 0) is 4.79 Å². The first kappa shape index (κ1) is 18.9. The lowest BCUT2D eigenvalue weighted by Gasteiger charge is -2.10. The molecule has 1 aromatic carbocycles. The van der Waals surface area contributed by atoms with Crippen LogP contribution in [0.5, 0.6) is 5.75 Å². The number of thiocarbonyl (C=S) groups is 1. The van der Waals surface area contributed by atoms with Crippen LogP contribution < -0.4 is 20.9 Å². The summed E-state index contributed by atoms with van der Waals surface area (Å²) in [6.45, 7) is 3.94. The lowest BCUT2D eigenvalue weighted by molar-refractivity contribution is -0.115. The molecule has 3 N–H and O–H groups in total. The number of amides is 2. The molecule has 0 bridgehead atoms. The van der Waals surface area contributed by atoms with E-state index < -0.39 is 11.8 Å². The molecule has 2 rings (SSSR count). The van der Waals surface area contributed by atoms with E-state index >= 15 is 0 Å². The van der Waals surface area contributed by atoms with Gasteiger partial charge in [-0.2, -0.15) is 0 Å². The lowest BCUT2D eigenvalue weighted by atomic mass is 10.2. The van der Waals surface area contributed by atoms with Gasteiger partial charge in [0.05, 0.1) is 6.26 Å². The molecule has 134 valence electrons. The van der Waals surface area contributed by atoms with Gasteiger partial charge in [-0.1, -0.05) is 12.7 Å². The molecule has 2 amide bonds. The van der Waals surface area contributed by atoms with Crippen LogP contribution in [0.25, 0.3) is 6.08 Å². The molecule has 1 heterocycles. The largest absolute Gasteiger partial charge is 0.490 e. The van der Waals surface area contributed by atoms with E-state index in [0.29, 0.717) is 23.7 Å². The van der Waals surface area contributed by atoms with Gasteiger partial charge in [-0.15, -0.1) is 0 Å². The zero-order valence-electron chi connectivity index (χ0n) is 13.7. The topological polar surface area (TPSA) is 92.6 Å². The van der Waals surface area contributed by atoms with E-state index in [-0.39, 0.29) is 5.11 Å². The van der Waals surface area contributed by atoms with E-state index in [2.05, 4.69) is 22.7 Å². The maximum Gasteiger partial charge on any atom is 0.269 e. The molecule has 0 saturated heterocycles. The third kappa shape index (κ3) is 6.25. The molecule has 0 spiro atoms. The van der Waals surface area contributed by atoms with Crippen LogP contribution in [-0.4, -0.2) is 23.5 Å². The summed E-state index contributed by atoms with van der Waals surface area (Å²) in [7, 11) is 0. The molecule has 0 aliphatic carbocycles. The molecule has 26 heavy (non-hydrogen) atoms. The number of carbonyl (C=O) groups is 2. The quantitative estimate of drug-likeness (QED) is 0.312. The fourth-order valence-corrected chi connectivity index (χ4v) is 1.92. The number of ether oxygens (including phenoxy) is 1. The van der Waals surface area contributed by atoms with Crippen molar-refractivity contribution in [3.05, 3.63) is 72.7 Å². The number of hydrogen-bond acceptors (Lipinski definition) is 5. The highest BCUT2D eigenvalue weighted by atomic mass is 32.1. The molecule has 1 aromatic heterocycles. The van der Waals surface area contributed by atoms with E-state index in [4.69, 9.17) is 21.4 Å². The summed E-state index contributed by atoms with van der Waals surface area (Å²) in [6.07, 6.45) is 5.88. The zero-order valence-corrected chi connectivity index (χ0v) is 14.5. The van der Waals surface area contributed by atoms with Gasteiger partial charge in [-0.05, 0) is 54.7 Å². The molecule has 0 aliphatic rings. The van der Waals surface area contributed by atoms with Crippen molar-refractivity contribution in [2.45, 2.75) is 0 Å². The van der Waals surface area contributed by atoms with Gasteiger partial charge in [0.15, 0.2) is 5.11 Å². The summed E-state index contributed by atoms with van der Waals surface area (Å²) < 4.78 is 10.4. The Morgan fingerprint density at radius 1 is 1.19 bits per heavy atom. The molecule has 0 fully saturated rings. The number of hydrogen-bond donors (Lipinski definition) is 3. The van der Waals surface area contributed by atoms with E-state index in [0.717, 1.165) is 0 Å². The van der Waals surface area contributed by atoms with Gasteiger partial charge in [0.2, 0.25) is 5.91 Å². The van der Waals surface area contributed by atoms with E-state index in [1.807, 2.05) is 0 Å². The van der Waals surface area contributed by atoms with Crippen molar-refractivity contribution in [1.29, 1.82) is 0 Å². The minimum atomic E-state index is -0.461. The highest BCUT2D eigenvalue weighted by Crippen LogP contribution is 2.11. The Kier molecular flexibility index (Phi) is 7.14. The molecule has 0 atom stereocenters. The number of rotatable bonds is 6. The first-order valence-electron chi connectivity index (χ1n) is 7.55. The molecule has 0 unspecified atom stereocenters. The van der Waals surface area contributed by atoms with Crippen molar-refractivity contribution in [1.82, 2.24) is 16.2 Å². The summed E-state index contributed by atoms with van der Waals surface area (Å²) in [5.74, 6) is 0.285. The van der Waals surface area contributed by atoms with E-state index in [1.165, 1.54) is 18.4 Å². The van der Waals surface area contributed by atoms with Crippen molar-refractivity contribution < 1.29 is 18.7 Å². The van der Waals surface area contributed by atoms with E-state index in [1.54, 1.807) is 42.5 Å². The average molecular weight is 371 g/mol. The Bertz CT molecular complexity index is 798. The second kappa shape index (κ2) is 9.80. The van der Waals surface area contributed by atoms with Gasteiger partial charge in [0.25, 0.3) is 5.91 Å². The van der Waals surface area contributed by atoms with Gasteiger partial charge in [-0.3, -0.25) is 25.8 Å². The first-order valence-corrected chi connectivity index (χ1v) is 7.96. The monoisotopic (exact) mass is 371 g/mol. The Labute approximate surface area is 155 Å². The van der Waals surface area contributed by atoms with Gasteiger partial charge < -0.3 is 9.15 Å². The van der Waals surface area contributed by atoms with Gasteiger partial charge in [-0.25, -0.2) is 0 Å². The maximum atomic E-state index is 12.0. The van der Waals surface area contributed by atoms with Crippen LogP contribution in [0.4, 0.5) is 0 Å². The average Bonchev–Trinajstić information content (AvgIpc) is 3.17. The summed E-state index contributed by atoms with van der Waals surface area (Å²) in [4.78, 5) is 23.7. The molecular weight excluding hydrogens is 354 g/mol. The standard InChI is InChI=1S/C18H17N3O4S/c1-2-11-24-15-7-5-13(6-8-15)17(23)20-21-18(26)19-16(22)10-9-14-4-3-12-25-14/h2-10,12H,1,11H2,(H,20,23)(H2,19,21,22,26). The van der Waals surface area contributed by atoms with Crippen LogP contribution in [0.2, 0.25) is 0 Å². The Morgan fingerprint density at radius 2 is 1.96 bits per heavy atom. The summed E-state index contributed by atoms with van der Waals surface area (Å²) in [6, 6.07) is 9.94. The van der Waals surface area contributed by atoms with Crippen LogP contribution in [0, 0.1) is 0 Å². The Morgan fingerprint density at radius 3 is 2.62 bits per heavy atom. The fraction of sp³-hybridized carbons (Fsp3) is 0.0556. The van der Waals surface area contributed by atoms with Crippen LogP contribution in [0.15, 0.2) is 65.8 Å². The molecule has 0 aliphatic heterocycles. The van der Waals surface area contributed by atoms with Crippen molar-refractivity contribution in [3.8, 4) is 5.75 Å². The van der Waals surface area contributed by atoms with Crippen LogP contribution in [0.1, 0.15) is 16.1 Å². The van der Waals surface area contributed by atoms with Crippen LogP contribution in [0.3, 0.4) is 0 Å². The molecule has 8 heteroatoms. The lowest BCUT2D eigenvalue weighted by Crippen LogP contribution is -2.48. The van der Waals surface area contributed by atoms with Crippen molar-refractivity contribution in [2.24, 2.45) is 0 Å². The second-order valence-corrected chi connectivity index (χ2v) is 5.28. The highest BCUT2D eigenvalue weighted by molar-refractivity contribution is 7.80. The minimum Gasteiger partial charge on any atom is -0.490 e. The molecule has 7 nitrogen and oxygen atoms in total. The predicted octanol–water partition coefficient (Wildman–Crippen LogP) is 2.19. The normalized spacial score (nSPS) is 10.2. The Hall–Kier alpha value is -3.39. The van der Waals surface area contributed by atoms with Gasteiger partial charge in [0, 0.05) is 11.6 Å². The SMILES string of the molecule is C=CCOc1ccc(C(=O)NNC(=S)NC(=O)C=Cc2ccco2)cc1. The summed E-state index contributed by atoms with van der Waals surface area (Å²) >= 11 is 4.94. The van der Waals surface area contributed by atoms with Crippen molar-refractivity contribution in [3.63, 3.8) is 0 Å². The fourth-order valence-electron chi connectivity index (χ4n) is 1.77. The van der Waals surface area contributed by atoms with Gasteiger partial charge >= 0.3 is 0 Å².